The molecule has 0 spiro atoms. The zero-order valence-electron chi connectivity index (χ0n) is 15.3. The number of carbonyl (C=O) groups excluding carboxylic acids is 1. The molecule has 12 heteroatoms. The lowest BCUT2D eigenvalue weighted by Gasteiger charge is -2.14. The van der Waals surface area contributed by atoms with E-state index in [9.17, 15) is 31.1 Å². The van der Waals surface area contributed by atoms with Crippen molar-refractivity contribution in [1.29, 1.82) is 0 Å². The zero-order valence-corrected chi connectivity index (χ0v) is 15.3. The van der Waals surface area contributed by atoms with Crippen molar-refractivity contribution in [2.45, 2.75) is 33.1 Å². The van der Waals surface area contributed by atoms with E-state index in [0.717, 1.165) is 0 Å². The fraction of sp³-hybridized carbons (Fsp3) is 0.353. The third kappa shape index (κ3) is 5.27. The highest BCUT2D eigenvalue weighted by Crippen LogP contribution is 2.37. The molecule has 1 N–H and O–H groups in total. The van der Waals surface area contributed by atoms with Gasteiger partial charge in [0.1, 0.15) is 11.3 Å². The first kappa shape index (κ1) is 22.2. The van der Waals surface area contributed by atoms with Crippen molar-refractivity contribution in [3.63, 3.8) is 0 Å². The molecule has 0 aliphatic heterocycles. The summed E-state index contributed by atoms with van der Waals surface area (Å²) in [6, 6.07) is 0.953. The first-order chi connectivity index (χ1) is 13.3. The van der Waals surface area contributed by atoms with Crippen molar-refractivity contribution in [3.05, 3.63) is 46.3 Å². The SMILES string of the molecule is CCOC(=O)c1c(C)noc1C(C)=NNc1cc(C(F)(F)F)cc(C(F)(F)F)c1. The number of ether oxygens (including phenoxy) is 1. The largest absolute Gasteiger partial charge is 0.462 e. The predicted molar refractivity (Wildman–Crippen MR) is 89.5 cm³/mol. The molecule has 29 heavy (non-hydrogen) atoms. The molecule has 0 saturated heterocycles. The number of nitrogens with one attached hydrogen (secondary N) is 1. The van der Waals surface area contributed by atoms with Crippen LogP contribution in [0.15, 0.2) is 27.8 Å². The monoisotopic (exact) mass is 423 g/mol. The van der Waals surface area contributed by atoms with E-state index >= 15 is 0 Å². The van der Waals surface area contributed by atoms with Crippen LogP contribution in [0.2, 0.25) is 0 Å². The number of rotatable bonds is 5. The van der Waals surface area contributed by atoms with Gasteiger partial charge in [0.15, 0.2) is 5.76 Å². The molecule has 0 bridgehead atoms. The van der Waals surface area contributed by atoms with Crippen LogP contribution in [-0.2, 0) is 17.1 Å². The minimum atomic E-state index is -4.99. The molecule has 0 saturated carbocycles. The molecule has 0 fully saturated rings. The molecular formula is C17H15F6N3O3. The second-order valence-corrected chi connectivity index (χ2v) is 5.80. The van der Waals surface area contributed by atoms with Crippen LogP contribution in [0.4, 0.5) is 32.0 Å². The number of anilines is 1. The van der Waals surface area contributed by atoms with E-state index in [1.165, 1.54) is 13.8 Å². The second kappa shape index (κ2) is 8.13. The van der Waals surface area contributed by atoms with Crippen LogP contribution in [0.3, 0.4) is 0 Å². The van der Waals surface area contributed by atoms with Gasteiger partial charge in [-0.05, 0) is 39.0 Å². The molecule has 1 aromatic heterocycles. The maximum Gasteiger partial charge on any atom is 0.416 e. The van der Waals surface area contributed by atoms with E-state index < -0.39 is 35.1 Å². The van der Waals surface area contributed by atoms with Gasteiger partial charge in [-0.2, -0.15) is 31.4 Å². The van der Waals surface area contributed by atoms with E-state index in [0.29, 0.717) is 12.1 Å². The predicted octanol–water partition coefficient (Wildman–Crippen LogP) is 5.03. The summed E-state index contributed by atoms with van der Waals surface area (Å²) in [5.41, 5.74) is -1.32. The van der Waals surface area contributed by atoms with Crippen LogP contribution in [0.25, 0.3) is 0 Å². The lowest BCUT2D eigenvalue weighted by molar-refractivity contribution is -0.143. The summed E-state index contributed by atoms with van der Waals surface area (Å²) in [7, 11) is 0. The first-order valence-electron chi connectivity index (χ1n) is 8.08. The number of carbonyl (C=O) groups is 1. The molecule has 0 unspecified atom stereocenters. The molecule has 2 rings (SSSR count). The van der Waals surface area contributed by atoms with E-state index in [-0.39, 0.29) is 35.4 Å². The third-order valence-electron chi connectivity index (χ3n) is 3.61. The minimum absolute atomic E-state index is 0.000417. The fourth-order valence-electron chi connectivity index (χ4n) is 2.28. The Morgan fingerprint density at radius 2 is 1.69 bits per heavy atom. The maximum absolute atomic E-state index is 12.9. The van der Waals surface area contributed by atoms with Crippen molar-refractivity contribution in [2.75, 3.05) is 12.0 Å². The summed E-state index contributed by atoms with van der Waals surface area (Å²) in [4.78, 5) is 12.0. The first-order valence-corrected chi connectivity index (χ1v) is 8.08. The van der Waals surface area contributed by atoms with Gasteiger partial charge >= 0.3 is 18.3 Å². The van der Waals surface area contributed by atoms with Crippen LogP contribution in [0, 0.1) is 6.92 Å². The summed E-state index contributed by atoms with van der Waals surface area (Å²) in [6.07, 6.45) is -9.98. The van der Waals surface area contributed by atoms with Crippen molar-refractivity contribution in [3.8, 4) is 0 Å². The standard InChI is InChI=1S/C17H15F6N3O3/c1-4-28-15(27)13-8(2)26-29-14(13)9(3)24-25-12-6-10(16(18,19)20)5-11(7-12)17(21,22)23/h5-7,25H,4H2,1-3H3. The summed E-state index contributed by atoms with van der Waals surface area (Å²) in [6.45, 7) is 4.44. The van der Waals surface area contributed by atoms with Gasteiger partial charge in [0.05, 0.1) is 29.1 Å². The van der Waals surface area contributed by atoms with Gasteiger partial charge in [-0.15, -0.1) is 0 Å². The van der Waals surface area contributed by atoms with Gasteiger partial charge in [0.25, 0.3) is 0 Å². The van der Waals surface area contributed by atoms with Crippen molar-refractivity contribution < 1.29 is 40.4 Å². The summed E-state index contributed by atoms with van der Waals surface area (Å²) >= 11 is 0. The molecule has 2 aromatic rings. The van der Waals surface area contributed by atoms with Gasteiger partial charge in [0, 0.05) is 0 Å². The van der Waals surface area contributed by atoms with Crippen molar-refractivity contribution >= 4 is 17.4 Å². The summed E-state index contributed by atoms with van der Waals surface area (Å²) in [5.74, 6) is -0.884. The third-order valence-corrected chi connectivity index (χ3v) is 3.61. The Morgan fingerprint density at radius 1 is 1.14 bits per heavy atom. The molecule has 1 aromatic carbocycles. The average Bonchev–Trinajstić information content (AvgIpc) is 3.00. The summed E-state index contributed by atoms with van der Waals surface area (Å²) in [5, 5.41) is 7.32. The van der Waals surface area contributed by atoms with Crippen LogP contribution in [0.1, 0.15) is 46.8 Å². The van der Waals surface area contributed by atoms with Crippen LogP contribution < -0.4 is 5.43 Å². The molecule has 0 aliphatic carbocycles. The molecule has 158 valence electrons. The van der Waals surface area contributed by atoms with Gasteiger partial charge in [-0.3, -0.25) is 5.43 Å². The number of aryl methyl sites for hydroxylation is 1. The number of esters is 1. The smallest absolute Gasteiger partial charge is 0.416 e. The maximum atomic E-state index is 12.9. The fourth-order valence-corrected chi connectivity index (χ4v) is 2.28. The molecule has 6 nitrogen and oxygen atoms in total. The quantitative estimate of drug-likeness (QED) is 0.316. The van der Waals surface area contributed by atoms with Crippen molar-refractivity contribution in [1.82, 2.24) is 5.16 Å². The number of hydrogen-bond acceptors (Lipinski definition) is 6. The van der Waals surface area contributed by atoms with Gasteiger partial charge in [-0.25, -0.2) is 4.79 Å². The van der Waals surface area contributed by atoms with Crippen LogP contribution in [0.5, 0.6) is 0 Å². The van der Waals surface area contributed by atoms with Gasteiger partial charge in [0.2, 0.25) is 0 Å². The van der Waals surface area contributed by atoms with E-state index in [4.69, 9.17) is 9.26 Å². The Morgan fingerprint density at radius 3 is 2.17 bits per heavy atom. The highest BCUT2D eigenvalue weighted by Gasteiger charge is 2.37. The molecular weight excluding hydrogens is 408 g/mol. The molecule has 0 radical (unpaired) electrons. The van der Waals surface area contributed by atoms with Gasteiger partial charge < -0.3 is 9.26 Å². The van der Waals surface area contributed by atoms with Gasteiger partial charge in [-0.1, -0.05) is 5.16 Å². The van der Waals surface area contributed by atoms with Crippen LogP contribution >= 0.6 is 0 Å². The second-order valence-electron chi connectivity index (χ2n) is 5.80. The number of alkyl halides is 6. The Bertz CT molecular complexity index is 899. The molecule has 1 heterocycles. The molecule has 0 aliphatic rings. The number of hydrogen-bond donors (Lipinski definition) is 1. The number of nitrogens with zero attached hydrogens (tertiary/aromatic N) is 2. The lowest BCUT2D eigenvalue weighted by atomic mass is 10.1. The van der Waals surface area contributed by atoms with E-state index in [1.54, 1.807) is 6.92 Å². The average molecular weight is 423 g/mol. The van der Waals surface area contributed by atoms with Crippen molar-refractivity contribution in [2.24, 2.45) is 5.10 Å². The highest BCUT2D eigenvalue weighted by molar-refractivity contribution is 6.06. The Balaban J connectivity index is 2.40. The topological polar surface area (TPSA) is 76.7 Å². The molecule has 0 amide bonds. The number of halogens is 6. The lowest BCUT2D eigenvalue weighted by Crippen LogP contribution is -2.12. The summed E-state index contributed by atoms with van der Waals surface area (Å²) < 4.78 is 87.3. The Labute approximate surface area is 160 Å². The van der Waals surface area contributed by atoms with Crippen LogP contribution in [-0.4, -0.2) is 23.4 Å². The van der Waals surface area contributed by atoms with E-state index in [1.807, 2.05) is 0 Å². The normalized spacial score (nSPS) is 12.8. The Hall–Kier alpha value is -3.05. The number of benzene rings is 1. The highest BCUT2D eigenvalue weighted by atomic mass is 19.4. The number of hydrazone groups is 1. The Kier molecular flexibility index (Phi) is 6.24. The number of aromatic nitrogens is 1. The molecule has 0 atom stereocenters. The van der Waals surface area contributed by atoms with E-state index in [2.05, 4.69) is 15.7 Å². The zero-order chi connectivity index (χ0) is 22.0. The minimum Gasteiger partial charge on any atom is -0.462 e.